The number of para-hydroxylation sites is 1. The van der Waals surface area contributed by atoms with Gasteiger partial charge in [0.25, 0.3) is 11.8 Å². The van der Waals surface area contributed by atoms with Crippen molar-refractivity contribution in [1.29, 1.82) is 0 Å². The van der Waals surface area contributed by atoms with Gasteiger partial charge in [0.1, 0.15) is 16.4 Å². The van der Waals surface area contributed by atoms with Crippen molar-refractivity contribution in [2.45, 2.75) is 93.3 Å². The summed E-state index contributed by atoms with van der Waals surface area (Å²) in [6.45, 7) is 5.16. The normalized spacial score (nSPS) is 15.8. The largest absolute Gasteiger partial charge is 0.508 e. The van der Waals surface area contributed by atoms with E-state index >= 15 is 0 Å². The first-order valence-corrected chi connectivity index (χ1v) is 20.0. The van der Waals surface area contributed by atoms with E-state index in [2.05, 4.69) is 34.1 Å². The van der Waals surface area contributed by atoms with Crippen LogP contribution in [0.5, 0.6) is 11.5 Å². The smallest absolute Gasteiger partial charge is 0.328 e. The Morgan fingerprint density at radius 3 is 2.31 bits per heavy atom. The molecule has 0 fully saturated rings. The molecular weight excluding hydrogens is 709 g/mol. The van der Waals surface area contributed by atoms with Crippen LogP contribution in [0.25, 0.3) is 0 Å². The molecule has 6 N–H and O–H groups in total. The van der Waals surface area contributed by atoms with Crippen LogP contribution in [0.4, 0.5) is 11.4 Å². The number of fused-ring (bicyclic) bond motifs is 1. The second-order valence-corrected chi connectivity index (χ2v) is 15.4. The first-order valence-electron chi connectivity index (χ1n) is 17.3. The molecule has 2 atom stereocenters. The Kier molecular flexibility index (Phi) is 14.0. The highest BCUT2D eigenvalue weighted by molar-refractivity contribution is 7.98. The Bertz CT molecular complexity index is 1830. The van der Waals surface area contributed by atoms with E-state index in [1.54, 1.807) is 6.07 Å². The van der Waals surface area contributed by atoms with Crippen LogP contribution in [-0.4, -0.2) is 78.6 Å². The van der Waals surface area contributed by atoms with E-state index in [0.29, 0.717) is 30.0 Å². The molecule has 0 aromatic heterocycles. The summed E-state index contributed by atoms with van der Waals surface area (Å²) in [5, 5.41) is 34.0. The highest BCUT2D eigenvalue weighted by atomic mass is 32.2. The fraction of sp³-hybridized carbons (Fsp3) is 0.432. The van der Waals surface area contributed by atoms with Gasteiger partial charge in [0.15, 0.2) is 12.6 Å². The van der Waals surface area contributed by atoms with Gasteiger partial charge < -0.3 is 35.6 Å². The fourth-order valence-electron chi connectivity index (χ4n) is 6.17. The number of aromatic hydroxyl groups is 1. The second-order valence-electron chi connectivity index (χ2n) is 12.9. The molecular formula is C37H48N4O9S2. The Morgan fingerprint density at radius 1 is 1.04 bits per heavy atom. The Balaban J connectivity index is 1.60. The summed E-state index contributed by atoms with van der Waals surface area (Å²) in [6, 6.07) is 15.2. The molecule has 0 saturated carbocycles. The molecule has 0 bridgehead atoms. The molecule has 0 spiro atoms. The van der Waals surface area contributed by atoms with Crippen molar-refractivity contribution in [2.24, 2.45) is 0 Å². The number of anilines is 2. The summed E-state index contributed by atoms with van der Waals surface area (Å²) in [5.41, 5.74) is 0.814. The zero-order valence-corrected chi connectivity index (χ0v) is 31.5. The molecule has 2 unspecified atom stereocenters. The number of carbonyl (C=O) groups is 3. The van der Waals surface area contributed by atoms with Crippen LogP contribution in [0, 0.1) is 0 Å². The van der Waals surface area contributed by atoms with Crippen molar-refractivity contribution in [1.82, 2.24) is 15.4 Å². The van der Waals surface area contributed by atoms with E-state index in [1.807, 2.05) is 36.6 Å². The number of sulfonamides is 1. The lowest BCUT2D eigenvalue weighted by atomic mass is 9.87. The highest BCUT2D eigenvalue weighted by Crippen LogP contribution is 2.44. The second kappa shape index (κ2) is 17.9. The molecule has 0 radical (unpaired) electrons. The van der Waals surface area contributed by atoms with E-state index in [0.717, 1.165) is 37.4 Å². The van der Waals surface area contributed by atoms with Crippen molar-refractivity contribution in [3.63, 3.8) is 0 Å². The van der Waals surface area contributed by atoms with Crippen LogP contribution < -0.4 is 25.0 Å². The molecule has 282 valence electrons. The van der Waals surface area contributed by atoms with Crippen molar-refractivity contribution in [3.05, 3.63) is 71.8 Å². The molecule has 13 nitrogen and oxygen atoms in total. The Labute approximate surface area is 309 Å². The molecule has 1 aliphatic heterocycles. The molecule has 0 aliphatic carbocycles. The van der Waals surface area contributed by atoms with Crippen molar-refractivity contribution in [3.8, 4) is 11.5 Å². The lowest BCUT2D eigenvalue weighted by Gasteiger charge is -2.37. The molecule has 2 amide bonds. The average molecular weight is 757 g/mol. The van der Waals surface area contributed by atoms with Crippen LogP contribution in [0.15, 0.2) is 70.5 Å². The number of aliphatic carboxylic acids is 1. The maximum atomic E-state index is 14.2. The van der Waals surface area contributed by atoms with Gasteiger partial charge in [0.2, 0.25) is 10.0 Å². The SMILES string of the molecule is CCCCC1(CCCC)CN(c2ccccc2)c2cc(SC)c(OCC(=O)NCc3ccc(O)cc3C(=O)NC(C(=O)O)C(C)O)cc2S(=O)(=O)N1. The van der Waals surface area contributed by atoms with Gasteiger partial charge in [0, 0.05) is 30.4 Å². The number of thioether (sulfide) groups is 1. The number of nitrogens with one attached hydrogen (secondary N) is 3. The Morgan fingerprint density at radius 2 is 1.71 bits per heavy atom. The predicted octanol–water partition coefficient (Wildman–Crippen LogP) is 4.92. The minimum atomic E-state index is -4.05. The third-order valence-electron chi connectivity index (χ3n) is 8.93. The molecule has 4 rings (SSSR count). The zero-order chi connectivity index (χ0) is 38.1. The maximum absolute atomic E-state index is 14.2. The van der Waals surface area contributed by atoms with Crippen LogP contribution in [-0.2, 0) is 26.2 Å². The third-order valence-corrected chi connectivity index (χ3v) is 11.3. The number of carboxylic acid groups (broad SMARTS) is 1. The van der Waals surface area contributed by atoms with Crippen molar-refractivity contribution < 1.29 is 42.9 Å². The van der Waals surface area contributed by atoms with E-state index in [1.165, 1.54) is 36.9 Å². The van der Waals surface area contributed by atoms with Gasteiger partial charge in [-0.05, 0) is 61.9 Å². The summed E-state index contributed by atoms with van der Waals surface area (Å²) < 4.78 is 37.5. The zero-order valence-electron chi connectivity index (χ0n) is 29.8. The Hall–Kier alpha value is -4.31. The number of phenolic OH excluding ortho intramolecular Hbond substituents is 1. The van der Waals surface area contributed by atoms with Crippen LogP contribution in [0.1, 0.15) is 75.2 Å². The average Bonchev–Trinajstić information content (AvgIpc) is 3.21. The number of aliphatic hydroxyl groups excluding tert-OH is 1. The minimum Gasteiger partial charge on any atom is -0.508 e. The molecule has 0 saturated heterocycles. The van der Waals surface area contributed by atoms with Gasteiger partial charge in [-0.25, -0.2) is 17.9 Å². The highest BCUT2D eigenvalue weighted by Gasteiger charge is 2.42. The van der Waals surface area contributed by atoms with E-state index in [-0.39, 0.29) is 34.1 Å². The van der Waals surface area contributed by atoms with Gasteiger partial charge in [-0.2, -0.15) is 0 Å². The number of unbranched alkanes of at least 4 members (excludes halogenated alkanes) is 2. The number of rotatable bonds is 17. The van der Waals surface area contributed by atoms with Gasteiger partial charge >= 0.3 is 5.97 Å². The minimum absolute atomic E-state index is 0.0380. The molecule has 52 heavy (non-hydrogen) atoms. The van der Waals surface area contributed by atoms with E-state index in [4.69, 9.17) is 4.74 Å². The van der Waals surface area contributed by atoms with Gasteiger partial charge in [0.05, 0.1) is 22.2 Å². The topological polar surface area (TPSA) is 195 Å². The summed E-state index contributed by atoms with van der Waals surface area (Å²) in [6.07, 6.45) is 5.32. The molecule has 3 aromatic rings. The fourth-order valence-corrected chi connectivity index (χ4v) is 8.37. The van der Waals surface area contributed by atoms with Crippen LogP contribution >= 0.6 is 11.8 Å². The van der Waals surface area contributed by atoms with Gasteiger partial charge in [-0.1, -0.05) is 63.8 Å². The molecule has 15 heteroatoms. The van der Waals surface area contributed by atoms with E-state index < -0.39 is 52.1 Å². The number of benzene rings is 3. The summed E-state index contributed by atoms with van der Waals surface area (Å²) in [7, 11) is -4.05. The van der Waals surface area contributed by atoms with Gasteiger partial charge in [-0.3, -0.25) is 9.59 Å². The summed E-state index contributed by atoms with van der Waals surface area (Å²) in [5.74, 6) is -2.95. The monoisotopic (exact) mass is 756 g/mol. The molecule has 3 aromatic carbocycles. The number of aliphatic hydroxyl groups is 1. The quantitative estimate of drug-likeness (QED) is 0.102. The number of nitrogens with zero attached hydrogens (tertiary/aromatic N) is 1. The first-order chi connectivity index (χ1) is 24.7. The number of carbonyl (C=O) groups excluding carboxylic acids is 2. The lowest BCUT2D eigenvalue weighted by Crippen LogP contribution is -2.53. The standard InChI is InChI=1S/C37H48N4O9S2/c1-5-7-16-37(17-8-6-2)23-41(26-12-10-9-11-13-26)29-19-31(51-4)30(20-32(29)52(48,49)40-37)50-22-33(44)38-21-25-14-15-27(43)18-28(25)35(45)39-34(24(3)42)36(46)47/h9-15,18-20,24,34,40,42-43H,5-8,16-17,21-23H2,1-4H3,(H,38,44)(H,39,45)(H,46,47). The predicted molar refractivity (Wildman–Crippen MR) is 200 cm³/mol. The van der Waals surface area contributed by atoms with Crippen molar-refractivity contribution >= 4 is 50.9 Å². The number of amides is 2. The van der Waals surface area contributed by atoms with Crippen LogP contribution in [0.2, 0.25) is 0 Å². The summed E-state index contributed by atoms with van der Waals surface area (Å²) in [4.78, 5) is 40.2. The number of carboxylic acids is 1. The van der Waals surface area contributed by atoms with E-state index in [9.17, 15) is 38.1 Å². The van der Waals surface area contributed by atoms with Crippen LogP contribution in [0.3, 0.4) is 0 Å². The van der Waals surface area contributed by atoms with Gasteiger partial charge in [-0.15, -0.1) is 11.8 Å². The molecule has 1 heterocycles. The number of hydrogen-bond acceptors (Lipinski definition) is 10. The third kappa shape index (κ3) is 9.97. The number of ether oxygens (including phenoxy) is 1. The van der Waals surface area contributed by atoms with Crippen molar-refractivity contribution in [2.75, 3.05) is 24.3 Å². The summed E-state index contributed by atoms with van der Waals surface area (Å²) >= 11 is 1.35. The maximum Gasteiger partial charge on any atom is 0.328 e. The lowest BCUT2D eigenvalue weighted by molar-refractivity contribution is -0.141. The number of phenols is 1. The molecule has 1 aliphatic rings. The first kappa shape index (κ1) is 40.5. The number of hydrogen-bond donors (Lipinski definition) is 6.